The van der Waals surface area contributed by atoms with Crippen LogP contribution >= 0.6 is 0 Å². The summed E-state index contributed by atoms with van der Waals surface area (Å²) in [5.41, 5.74) is 4.05. The van der Waals surface area contributed by atoms with E-state index in [9.17, 15) is 9.50 Å². The number of aliphatic hydroxyl groups is 1. The molecular weight excluding hydrogens is 289 g/mol. The summed E-state index contributed by atoms with van der Waals surface area (Å²) in [7, 11) is 0. The van der Waals surface area contributed by atoms with E-state index in [1.807, 2.05) is 20.8 Å². The Morgan fingerprint density at radius 3 is 2.09 bits per heavy atom. The summed E-state index contributed by atoms with van der Waals surface area (Å²) >= 11 is 0. The number of nitrogens with zero attached hydrogens (tertiary/aromatic N) is 1. The second-order valence-electron chi connectivity index (χ2n) is 8.41. The Balaban J connectivity index is 1.74. The number of piperidine rings is 3. The van der Waals surface area contributed by atoms with Crippen molar-refractivity contribution in [2.24, 2.45) is 17.8 Å². The van der Waals surface area contributed by atoms with Crippen molar-refractivity contribution >= 4 is 0 Å². The molecule has 1 aromatic carbocycles. The standard InChI is InChI=1S/C20H28FNO/c1-11-12(2)14(4)19(21)18(13(11)3)7-20(23)16-5-15-6-17(20)10-22(8-15)9-16/h15-17,23H,5-10H2,1-4H3/t15?,16-,17?,20-/m0/s1. The summed E-state index contributed by atoms with van der Waals surface area (Å²) in [4.78, 5) is 2.51. The normalized spacial score (nSPS) is 38.3. The number of rotatable bonds is 2. The minimum absolute atomic E-state index is 0.0897. The van der Waals surface area contributed by atoms with Crippen LogP contribution < -0.4 is 0 Å². The highest BCUT2D eigenvalue weighted by Gasteiger charge is 2.56. The zero-order chi connectivity index (χ0) is 16.5. The molecular formula is C20H28FNO. The van der Waals surface area contributed by atoms with Gasteiger partial charge in [0.15, 0.2) is 0 Å². The van der Waals surface area contributed by atoms with Crippen molar-refractivity contribution in [1.82, 2.24) is 4.90 Å². The third-order valence-corrected chi connectivity index (χ3v) is 7.32. The van der Waals surface area contributed by atoms with Gasteiger partial charge in [-0.3, -0.25) is 0 Å². The average Bonchev–Trinajstić information content (AvgIpc) is 2.52. The lowest BCUT2D eigenvalue weighted by Crippen LogP contribution is -2.67. The zero-order valence-corrected chi connectivity index (χ0v) is 14.7. The summed E-state index contributed by atoms with van der Waals surface area (Å²) in [5.74, 6) is 1.29. The fourth-order valence-corrected chi connectivity index (χ4v) is 5.60. The fraction of sp³-hybridized carbons (Fsp3) is 0.700. The maximum absolute atomic E-state index is 15.0. The Kier molecular flexibility index (Phi) is 3.41. The molecule has 126 valence electrons. The monoisotopic (exact) mass is 317 g/mol. The molecule has 3 saturated heterocycles. The predicted octanol–water partition coefficient (Wildman–Crippen LogP) is 3.30. The highest BCUT2D eigenvalue weighted by Crippen LogP contribution is 2.51. The lowest BCUT2D eigenvalue weighted by molar-refractivity contribution is -0.182. The van der Waals surface area contributed by atoms with Gasteiger partial charge in [0.1, 0.15) is 5.82 Å². The molecule has 4 aliphatic rings. The zero-order valence-electron chi connectivity index (χ0n) is 14.7. The van der Waals surface area contributed by atoms with Gasteiger partial charge in [-0.25, -0.2) is 4.39 Å². The van der Waals surface area contributed by atoms with Gasteiger partial charge in [0, 0.05) is 37.9 Å². The van der Waals surface area contributed by atoms with E-state index in [-0.39, 0.29) is 5.82 Å². The fourth-order valence-electron chi connectivity index (χ4n) is 5.60. The number of benzene rings is 1. The van der Waals surface area contributed by atoms with Crippen LogP contribution in [0.1, 0.15) is 40.7 Å². The molecule has 23 heavy (non-hydrogen) atoms. The van der Waals surface area contributed by atoms with E-state index in [1.54, 1.807) is 0 Å². The van der Waals surface area contributed by atoms with Crippen molar-refractivity contribution in [2.75, 3.05) is 19.6 Å². The SMILES string of the molecule is Cc1c(C)c(C)c(C[C@@]2(O)C3CC4C[C@H]2CN(C4)C3)c(F)c1C. The van der Waals surface area contributed by atoms with E-state index < -0.39 is 5.60 Å². The molecule has 2 nitrogen and oxygen atoms in total. The van der Waals surface area contributed by atoms with Crippen LogP contribution in [0.4, 0.5) is 4.39 Å². The van der Waals surface area contributed by atoms with Crippen LogP contribution in [0.5, 0.6) is 0 Å². The minimum Gasteiger partial charge on any atom is -0.389 e. The molecule has 3 aliphatic heterocycles. The van der Waals surface area contributed by atoms with Gasteiger partial charge in [-0.15, -0.1) is 0 Å². The lowest BCUT2D eigenvalue weighted by atomic mass is 9.57. The van der Waals surface area contributed by atoms with Crippen molar-refractivity contribution in [3.8, 4) is 0 Å². The van der Waals surface area contributed by atoms with Crippen LogP contribution in [0.2, 0.25) is 0 Å². The number of hydrogen-bond acceptors (Lipinski definition) is 2. The van der Waals surface area contributed by atoms with Gasteiger partial charge < -0.3 is 10.0 Å². The molecule has 3 heteroatoms. The van der Waals surface area contributed by atoms with Gasteiger partial charge in [-0.2, -0.15) is 0 Å². The van der Waals surface area contributed by atoms with Gasteiger partial charge in [0.05, 0.1) is 5.60 Å². The van der Waals surface area contributed by atoms with E-state index in [2.05, 4.69) is 11.8 Å². The van der Waals surface area contributed by atoms with Crippen LogP contribution in [0.3, 0.4) is 0 Å². The van der Waals surface area contributed by atoms with Gasteiger partial charge in [0.2, 0.25) is 0 Å². The smallest absolute Gasteiger partial charge is 0.129 e. The van der Waals surface area contributed by atoms with Crippen LogP contribution in [0.25, 0.3) is 0 Å². The van der Waals surface area contributed by atoms with Crippen LogP contribution in [0, 0.1) is 51.3 Å². The van der Waals surface area contributed by atoms with E-state index >= 15 is 0 Å². The molecule has 1 aliphatic carbocycles. The summed E-state index contributed by atoms with van der Waals surface area (Å²) < 4.78 is 15.0. The molecule has 4 fully saturated rings. The largest absolute Gasteiger partial charge is 0.389 e. The molecule has 0 spiro atoms. The number of hydrogen-bond donors (Lipinski definition) is 1. The molecule has 4 bridgehead atoms. The van der Waals surface area contributed by atoms with Crippen LogP contribution in [-0.2, 0) is 6.42 Å². The lowest BCUT2D eigenvalue weighted by Gasteiger charge is -2.60. The van der Waals surface area contributed by atoms with Crippen molar-refractivity contribution in [2.45, 2.75) is 52.6 Å². The molecule has 0 amide bonds. The summed E-state index contributed by atoms with van der Waals surface area (Å²) in [6.45, 7) is 11.2. The molecule has 1 N–H and O–H groups in total. The van der Waals surface area contributed by atoms with Gasteiger partial charge in [-0.05, 0) is 74.3 Å². The molecule has 3 heterocycles. The summed E-state index contributed by atoms with van der Waals surface area (Å²) in [6, 6.07) is 0. The van der Waals surface area contributed by atoms with Gasteiger partial charge >= 0.3 is 0 Å². The van der Waals surface area contributed by atoms with Crippen molar-refractivity contribution in [1.29, 1.82) is 0 Å². The van der Waals surface area contributed by atoms with Crippen LogP contribution in [0.15, 0.2) is 0 Å². The Labute approximate surface area is 138 Å². The number of halogens is 1. The van der Waals surface area contributed by atoms with E-state index in [1.165, 1.54) is 12.1 Å². The molecule has 1 saturated carbocycles. The van der Waals surface area contributed by atoms with Crippen LogP contribution in [-0.4, -0.2) is 35.2 Å². The van der Waals surface area contributed by atoms with Crippen molar-refractivity contribution in [3.63, 3.8) is 0 Å². The van der Waals surface area contributed by atoms with E-state index in [0.717, 1.165) is 54.1 Å². The Bertz CT molecular complexity index is 609. The van der Waals surface area contributed by atoms with E-state index in [0.29, 0.717) is 18.3 Å². The Hall–Kier alpha value is -0.930. The molecule has 3 unspecified atom stereocenters. The Morgan fingerprint density at radius 1 is 0.957 bits per heavy atom. The third kappa shape index (κ3) is 2.12. The highest BCUT2D eigenvalue weighted by atomic mass is 19.1. The highest BCUT2D eigenvalue weighted by molar-refractivity contribution is 5.45. The second kappa shape index (κ2) is 5.03. The molecule has 1 aromatic rings. The summed E-state index contributed by atoms with van der Waals surface area (Å²) in [6.07, 6.45) is 2.73. The Morgan fingerprint density at radius 2 is 1.52 bits per heavy atom. The van der Waals surface area contributed by atoms with Crippen molar-refractivity contribution < 1.29 is 9.50 Å². The van der Waals surface area contributed by atoms with Gasteiger partial charge in [0.25, 0.3) is 0 Å². The van der Waals surface area contributed by atoms with Crippen molar-refractivity contribution in [3.05, 3.63) is 33.6 Å². The first-order chi connectivity index (χ1) is 10.8. The maximum Gasteiger partial charge on any atom is 0.129 e. The third-order valence-electron chi connectivity index (χ3n) is 7.32. The quantitative estimate of drug-likeness (QED) is 0.904. The first kappa shape index (κ1) is 15.6. The van der Waals surface area contributed by atoms with Gasteiger partial charge in [-0.1, -0.05) is 0 Å². The second-order valence-corrected chi connectivity index (χ2v) is 8.41. The average molecular weight is 317 g/mol. The topological polar surface area (TPSA) is 23.5 Å². The van der Waals surface area contributed by atoms with E-state index in [4.69, 9.17) is 0 Å². The molecule has 5 rings (SSSR count). The first-order valence-electron chi connectivity index (χ1n) is 9.00. The minimum atomic E-state index is -0.715. The molecule has 0 aromatic heterocycles. The summed E-state index contributed by atoms with van der Waals surface area (Å²) in [5, 5.41) is 11.5. The molecule has 0 radical (unpaired) electrons. The first-order valence-corrected chi connectivity index (χ1v) is 9.00. The molecule has 5 atom stereocenters. The predicted molar refractivity (Wildman–Crippen MR) is 90.1 cm³/mol. The maximum atomic E-state index is 15.0.